The summed E-state index contributed by atoms with van der Waals surface area (Å²) in [7, 11) is 1.74. The first-order chi connectivity index (χ1) is 12.5. The predicted octanol–water partition coefficient (Wildman–Crippen LogP) is 2.94. The van der Waals surface area contributed by atoms with Gasteiger partial charge in [0.25, 0.3) is 0 Å². The Morgan fingerprint density at radius 3 is 2.50 bits per heavy atom. The van der Waals surface area contributed by atoms with Gasteiger partial charge in [-0.05, 0) is 49.3 Å². The Morgan fingerprint density at radius 1 is 1.12 bits per heavy atom. The van der Waals surface area contributed by atoms with Crippen LogP contribution in [-0.2, 0) is 16.1 Å². The van der Waals surface area contributed by atoms with Gasteiger partial charge in [-0.1, -0.05) is 25.5 Å². The smallest absolute Gasteiger partial charge is 0.243 e. The summed E-state index contributed by atoms with van der Waals surface area (Å²) >= 11 is 0. The van der Waals surface area contributed by atoms with Crippen LogP contribution in [0.1, 0.15) is 51.0 Å². The van der Waals surface area contributed by atoms with Crippen molar-refractivity contribution in [2.75, 3.05) is 25.0 Å². The Kier molecular flexibility index (Phi) is 6.17. The average Bonchev–Trinajstić information content (AvgIpc) is 2.82. The van der Waals surface area contributed by atoms with Crippen LogP contribution >= 0.6 is 0 Å². The molecule has 2 heterocycles. The fourth-order valence-electron chi connectivity index (χ4n) is 3.86. The van der Waals surface area contributed by atoms with Gasteiger partial charge in [0.05, 0.1) is 0 Å². The van der Waals surface area contributed by atoms with Gasteiger partial charge in [-0.15, -0.1) is 0 Å². The Labute approximate surface area is 156 Å². The molecule has 3 rings (SSSR count). The van der Waals surface area contributed by atoms with Gasteiger partial charge in [0.15, 0.2) is 0 Å². The highest BCUT2D eigenvalue weighted by atomic mass is 16.2. The van der Waals surface area contributed by atoms with Crippen molar-refractivity contribution in [3.05, 3.63) is 29.8 Å². The third-order valence-electron chi connectivity index (χ3n) is 5.83. The summed E-state index contributed by atoms with van der Waals surface area (Å²) in [5.74, 6) is 0.856. The highest BCUT2D eigenvalue weighted by molar-refractivity contribution is 5.87. The van der Waals surface area contributed by atoms with Gasteiger partial charge in [-0.25, -0.2) is 0 Å². The lowest BCUT2D eigenvalue weighted by Gasteiger charge is -2.32. The van der Waals surface area contributed by atoms with E-state index < -0.39 is 0 Å². The number of likely N-dealkylation sites (N-methyl/N-ethyl adjacent to an activating group) is 1. The first kappa shape index (κ1) is 18.7. The summed E-state index contributed by atoms with van der Waals surface area (Å²) in [5.41, 5.74) is 2.36. The molecule has 1 unspecified atom stereocenters. The molecule has 2 fully saturated rings. The predicted molar refractivity (Wildman–Crippen MR) is 104 cm³/mol. The molecule has 1 aromatic rings. The Balaban J connectivity index is 1.52. The van der Waals surface area contributed by atoms with Crippen molar-refractivity contribution in [3.8, 4) is 0 Å². The van der Waals surface area contributed by atoms with Gasteiger partial charge in [-0.3, -0.25) is 9.59 Å². The van der Waals surface area contributed by atoms with Gasteiger partial charge in [0.2, 0.25) is 11.8 Å². The van der Waals surface area contributed by atoms with E-state index in [1.807, 2.05) is 0 Å². The Morgan fingerprint density at radius 2 is 1.81 bits per heavy atom. The lowest BCUT2D eigenvalue weighted by molar-refractivity contribution is -0.138. The first-order valence-corrected chi connectivity index (χ1v) is 9.92. The zero-order valence-corrected chi connectivity index (χ0v) is 16.0. The van der Waals surface area contributed by atoms with Crippen LogP contribution in [-0.4, -0.2) is 42.9 Å². The third kappa shape index (κ3) is 4.57. The normalized spacial score (nSPS) is 22.2. The monoisotopic (exact) mass is 357 g/mol. The number of benzene rings is 1. The Bertz CT molecular complexity index is 621. The minimum atomic E-state index is -0.334. The molecular weight excluding hydrogens is 326 g/mol. The standard InChI is InChI=1S/C21H31N3O2/c1-16-11-13-24(14-12-16)18-9-7-17(8-10-18)15-22-21(26)19-5-3-4-6-20(25)23(19)2/h7-10,16,19H,3-6,11-15H2,1-2H3,(H,22,26). The minimum absolute atomic E-state index is 0.0446. The summed E-state index contributed by atoms with van der Waals surface area (Å²) in [5, 5.41) is 3.01. The van der Waals surface area contributed by atoms with E-state index in [2.05, 4.69) is 41.4 Å². The van der Waals surface area contributed by atoms with E-state index in [0.717, 1.165) is 43.8 Å². The molecule has 1 N–H and O–H groups in total. The number of hydrogen-bond acceptors (Lipinski definition) is 3. The molecule has 2 aliphatic rings. The number of piperidine rings is 1. The van der Waals surface area contributed by atoms with E-state index in [-0.39, 0.29) is 17.9 Å². The SMILES string of the molecule is CC1CCN(c2ccc(CNC(=O)C3CCCCC(=O)N3C)cc2)CC1. The molecule has 0 radical (unpaired) electrons. The lowest BCUT2D eigenvalue weighted by Crippen LogP contribution is -2.46. The summed E-state index contributed by atoms with van der Waals surface area (Å²) < 4.78 is 0. The molecule has 0 spiro atoms. The number of carbonyl (C=O) groups is 2. The topological polar surface area (TPSA) is 52.7 Å². The number of nitrogens with one attached hydrogen (secondary N) is 1. The number of amides is 2. The highest BCUT2D eigenvalue weighted by Crippen LogP contribution is 2.23. The van der Waals surface area contributed by atoms with Gasteiger partial charge in [0.1, 0.15) is 6.04 Å². The molecule has 2 aliphatic heterocycles. The van der Waals surface area contributed by atoms with E-state index in [0.29, 0.717) is 13.0 Å². The minimum Gasteiger partial charge on any atom is -0.372 e. The Hall–Kier alpha value is -2.04. The van der Waals surface area contributed by atoms with Crippen LogP contribution in [0.3, 0.4) is 0 Å². The molecule has 2 saturated heterocycles. The second-order valence-corrected chi connectivity index (χ2v) is 7.82. The number of nitrogens with zero attached hydrogens (tertiary/aromatic N) is 2. The van der Waals surface area contributed by atoms with Gasteiger partial charge >= 0.3 is 0 Å². The van der Waals surface area contributed by atoms with Crippen molar-refractivity contribution in [1.29, 1.82) is 0 Å². The molecule has 0 bridgehead atoms. The van der Waals surface area contributed by atoms with Gasteiger partial charge in [-0.2, -0.15) is 0 Å². The summed E-state index contributed by atoms with van der Waals surface area (Å²) in [4.78, 5) is 28.5. The van der Waals surface area contributed by atoms with Crippen molar-refractivity contribution < 1.29 is 9.59 Å². The van der Waals surface area contributed by atoms with Crippen molar-refractivity contribution in [2.45, 2.75) is 58.0 Å². The molecule has 2 amide bonds. The lowest BCUT2D eigenvalue weighted by atomic mass is 9.99. The number of hydrogen-bond donors (Lipinski definition) is 1. The summed E-state index contributed by atoms with van der Waals surface area (Å²) in [6.07, 6.45) is 5.62. The maximum atomic E-state index is 12.5. The quantitative estimate of drug-likeness (QED) is 0.901. The molecule has 142 valence electrons. The molecule has 1 aromatic carbocycles. The zero-order chi connectivity index (χ0) is 18.5. The molecule has 5 nitrogen and oxygen atoms in total. The molecule has 5 heteroatoms. The molecule has 0 saturated carbocycles. The van der Waals surface area contributed by atoms with E-state index in [1.165, 1.54) is 18.5 Å². The summed E-state index contributed by atoms with van der Waals surface area (Å²) in [6, 6.07) is 8.16. The maximum absolute atomic E-state index is 12.5. The van der Waals surface area contributed by atoms with Gasteiger partial charge < -0.3 is 15.1 Å². The molecule has 1 atom stereocenters. The van der Waals surface area contributed by atoms with Crippen LogP contribution in [0.4, 0.5) is 5.69 Å². The van der Waals surface area contributed by atoms with Crippen molar-refractivity contribution >= 4 is 17.5 Å². The fraction of sp³-hybridized carbons (Fsp3) is 0.619. The number of rotatable bonds is 4. The maximum Gasteiger partial charge on any atom is 0.243 e. The number of likely N-dealkylation sites (tertiary alicyclic amines) is 1. The van der Waals surface area contributed by atoms with Crippen LogP contribution in [0.25, 0.3) is 0 Å². The second kappa shape index (κ2) is 8.56. The van der Waals surface area contributed by atoms with Crippen LogP contribution in [0.5, 0.6) is 0 Å². The number of anilines is 1. The van der Waals surface area contributed by atoms with Gasteiger partial charge in [0, 0.05) is 38.8 Å². The van der Waals surface area contributed by atoms with Crippen molar-refractivity contribution in [2.24, 2.45) is 5.92 Å². The van der Waals surface area contributed by atoms with Crippen LogP contribution < -0.4 is 10.2 Å². The van der Waals surface area contributed by atoms with E-state index in [4.69, 9.17) is 0 Å². The van der Waals surface area contributed by atoms with Crippen LogP contribution in [0.2, 0.25) is 0 Å². The van der Waals surface area contributed by atoms with E-state index in [1.54, 1.807) is 11.9 Å². The first-order valence-electron chi connectivity index (χ1n) is 9.92. The fourth-order valence-corrected chi connectivity index (χ4v) is 3.86. The van der Waals surface area contributed by atoms with Crippen molar-refractivity contribution in [1.82, 2.24) is 10.2 Å². The van der Waals surface area contributed by atoms with E-state index >= 15 is 0 Å². The van der Waals surface area contributed by atoms with Crippen LogP contribution in [0, 0.1) is 5.92 Å². The highest BCUT2D eigenvalue weighted by Gasteiger charge is 2.28. The number of carbonyl (C=O) groups excluding carboxylic acids is 2. The zero-order valence-electron chi connectivity index (χ0n) is 16.0. The molecular formula is C21H31N3O2. The van der Waals surface area contributed by atoms with E-state index in [9.17, 15) is 9.59 Å². The third-order valence-corrected chi connectivity index (χ3v) is 5.83. The summed E-state index contributed by atoms with van der Waals surface area (Å²) in [6.45, 7) is 5.08. The second-order valence-electron chi connectivity index (χ2n) is 7.82. The molecule has 0 aromatic heterocycles. The molecule has 26 heavy (non-hydrogen) atoms. The average molecular weight is 357 g/mol. The van der Waals surface area contributed by atoms with Crippen molar-refractivity contribution in [3.63, 3.8) is 0 Å². The van der Waals surface area contributed by atoms with Crippen LogP contribution in [0.15, 0.2) is 24.3 Å². The molecule has 0 aliphatic carbocycles. The largest absolute Gasteiger partial charge is 0.372 e.